The molecule has 0 spiro atoms. The standard InChI is InChI=1S/C11H25N2.In/c1-12(2)10-8-6-5-7-9-11-13(3)4;/h5H,6-11H2,1-4H3;. The first-order valence-corrected chi connectivity index (χ1v) is 7.47. The topological polar surface area (TPSA) is 6.48 Å². The zero-order valence-corrected chi connectivity index (χ0v) is 13.6. The minimum absolute atomic E-state index is 1.03. The summed E-state index contributed by atoms with van der Waals surface area (Å²) in [7, 11) is 8.64. The monoisotopic (exact) mass is 300 g/mol. The summed E-state index contributed by atoms with van der Waals surface area (Å²) in [5.74, 6) is 0. The third kappa shape index (κ3) is 10.9. The molecule has 2 radical (unpaired) electrons. The van der Waals surface area contributed by atoms with Gasteiger partial charge in [-0.05, 0) is 0 Å². The predicted molar refractivity (Wildman–Crippen MR) is 65.1 cm³/mol. The van der Waals surface area contributed by atoms with Crippen LogP contribution in [0, 0.1) is 0 Å². The van der Waals surface area contributed by atoms with Crippen molar-refractivity contribution in [3.05, 3.63) is 0 Å². The third-order valence-corrected chi connectivity index (χ3v) is 4.26. The van der Waals surface area contributed by atoms with Gasteiger partial charge in [0.2, 0.25) is 0 Å². The summed E-state index contributed by atoms with van der Waals surface area (Å²) in [5.41, 5.74) is 0. The first kappa shape index (κ1) is 14.8. The number of hydrogen-bond donors (Lipinski definition) is 0. The molecule has 0 fully saturated rings. The predicted octanol–water partition coefficient (Wildman–Crippen LogP) is 1.63. The molecule has 0 aromatic rings. The fraction of sp³-hybridized carbons (Fsp3) is 1.00. The van der Waals surface area contributed by atoms with Crippen LogP contribution < -0.4 is 0 Å². The molecule has 0 N–H and O–H groups in total. The van der Waals surface area contributed by atoms with E-state index in [4.69, 9.17) is 0 Å². The molecule has 0 saturated heterocycles. The van der Waals surface area contributed by atoms with Gasteiger partial charge in [0.05, 0.1) is 0 Å². The molecule has 82 valence electrons. The van der Waals surface area contributed by atoms with Crippen LogP contribution in [0.5, 0.6) is 0 Å². The summed E-state index contributed by atoms with van der Waals surface area (Å²) in [6.45, 7) is 2.51. The Morgan fingerprint density at radius 3 is 1.50 bits per heavy atom. The van der Waals surface area contributed by atoms with Crippen LogP contribution in [-0.2, 0) is 0 Å². The van der Waals surface area contributed by atoms with E-state index in [0.29, 0.717) is 0 Å². The molecule has 0 amide bonds. The van der Waals surface area contributed by atoms with Crippen LogP contribution in [-0.4, -0.2) is 75.5 Å². The molecule has 0 aromatic heterocycles. The molecule has 0 aliphatic carbocycles. The number of rotatable bonds is 8. The van der Waals surface area contributed by atoms with Crippen molar-refractivity contribution in [3.8, 4) is 0 Å². The van der Waals surface area contributed by atoms with Gasteiger partial charge in [0.25, 0.3) is 0 Å². The molecule has 2 nitrogen and oxygen atoms in total. The van der Waals surface area contributed by atoms with Gasteiger partial charge >= 0.3 is 105 Å². The van der Waals surface area contributed by atoms with Crippen LogP contribution in [0.15, 0.2) is 0 Å². The first-order valence-electron chi connectivity index (χ1n) is 5.57. The van der Waals surface area contributed by atoms with Gasteiger partial charge in [-0.2, -0.15) is 0 Å². The maximum atomic E-state index is 2.28. The second-order valence-corrected chi connectivity index (χ2v) is 7.34. The van der Waals surface area contributed by atoms with E-state index < -0.39 is 0 Å². The number of hydrogen-bond acceptors (Lipinski definition) is 2. The van der Waals surface area contributed by atoms with Gasteiger partial charge in [-0.1, -0.05) is 0 Å². The van der Waals surface area contributed by atoms with Gasteiger partial charge in [0, 0.05) is 0 Å². The minimum atomic E-state index is 1.03. The SMILES string of the molecule is CN(C)CCC[CH]([In])CCCN(C)C. The molecule has 0 heterocycles. The van der Waals surface area contributed by atoms with Gasteiger partial charge in [0.15, 0.2) is 0 Å². The van der Waals surface area contributed by atoms with Crippen LogP contribution in [0.2, 0.25) is 3.67 Å². The van der Waals surface area contributed by atoms with Gasteiger partial charge in [0.1, 0.15) is 0 Å². The zero-order chi connectivity index (χ0) is 11.0. The van der Waals surface area contributed by atoms with Gasteiger partial charge < -0.3 is 0 Å². The molecular formula is C11H25InN2. The van der Waals surface area contributed by atoms with E-state index in [1.807, 2.05) is 0 Å². The fourth-order valence-corrected chi connectivity index (χ4v) is 2.83. The molecule has 0 aliphatic rings. The van der Waals surface area contributed by atoms with E-state index in [2.05, 4.69) is 38.0 Å². The van der Waals surface area contributed by atoms with Crippen molar-refractivity contribution in [1.29, 1.82) is 0 Å². The molecule has 0 atom stereocenters. The summed E-state index contributed by atoms with van der Waals surface area (Å²) in [5, 5.41) is 0. The van der Waals surface area contributed by atoms with E-state index in [-0.39, 0.29) is 0 Å². The Morgan fingerprint density at radius 2 is 1.21 bits per heavy atom. The normalized spacial score (nSPS) is 11.9. The van der Waals surface area contributed by atoms with Crippen molar-refractivity contribution in [1.82, 2.24) is 9.80 Å². The van der Waals surface area contributed by atoms with Gasteiger partial charge in [-0.25, -0.2) is 0 Å². The molecule has 0 unspecified atom stereocenters. The second-order valence-electron chi connectivity index (χ2n) is 4.65. The van der Waals surface area contributed by atoms with Crippen molar-refractivity contribution in [3.63, 3.8) is 0 Å². The Hall–Kier alpha value is 0.790. The molecule has 14 heavy (non-hydrogen) atoms. The van der Waals surface area contributed by atoms with Crippen molar-refractivity contribution in [2.75, 3.05) is 41.3 Å². The summed E-state index contributed by atoms with van der Waals surface area (Å²) in [6, 6.07) is 0. The van der Waals surface area contributed by atoms with E-state index >= 15 is 0 Å². The Kier molecular flexibility index (Phi) is 9.56. The van der Waals surface area contributed by atoms with Crippen molar-refractivity contribution < 1.29 is 0 Å². The second kappa shape index (κ2) is 9.05. The fourth-order valence-electron chi connectivity index (χ4n) is 1.48. The molecule has 0 saturated carbocycles. The van der Waals surface area contributed by atoms with Gasteiger partial charge in [-0.15, -0.1) is 0 Å². The van der Waals surface area contributed by atoms with Crippen molar-refractivity contribution in [2.24, 2.45) is 0 Å². The summed E-state index contributed by atoms with van der Waals surface area (Å²) in [4.78, 5) is 4.57. The Bertz CT molecular complexity index is 112. The Balaban J connectivity index is 3.23. The molecule has 0 bridgehead atoms. The van der Waals surface area contributed by atoms with Crippen LogP contribution in [0.1, 0.15) is 25.7 Å². The third-order valence-electron chi connectivity index (χ3n) is 2.36. The first-order chi connectivity index (χ1) is 6.52. The van der Waals surface area contributed by atoms with Crippen molar-refractivity contribution >= 4 is 24.4 Å². The maximum absolute atomic E-state index is 2.28. The molecule has 3 heteroatoms. The summed E-state index contributed by atoms with van der Waals surface area (Å²) < 4.78 is 1.03. The molecule has 0 aromatic carbocycles. The van der Waals surface area contributed by atoms with Crippen molar-refractivity contribution in [2.45, 2.75) is 29.4 Å². The Labute approximate surface area is 105 Å². The quantitative estimate of drug-likeness (QED) is 0.672. The number of nitrogens with zero attached hydrogens (tertiary/aromatic N) is 2. The molecule has 0 rings (SSSR count). The molecular weight excluding hydrogens is 275 g/mol. The summed E-state index contributed by atoms with van der Waals surface area (Å²) >= 11 is 1.44. The van der Waals surface area contributed by atoms with Crippen LogP contribution in [0.3, 0.4) is 0 Å². The zero-order valence-electron chi connectivity index (χ0n) is 10.3. The van der Waals surface area contributed by atoms with E-state index in [1.165, 1.54) is 63.1 Å². The van der Waals surface area contributed by atoms with Crippen LogP contribution in [0.25, 0.3) is 0 Å². The summed E-state index contributed by atoms with van der Waals surface area (Å²) in [6.07, 6.45) is 5.63. The van der Waals surface area contributed by atoms with E-state index in [1.54, 1.807) is 0 Å². The van der Waals surface area contributed by atoms with Crippen LogP contribution >= 0.6 is 0 Å². The average molecular weight is 300 g/mol. The van der Waals surface area contributed by atoms with E-state index in [9.17, 15) is 0 Å². The molecule has 0 aliphatic heterocycles. The van der Waals surface area contributed by atoms with Crippen LogP contribution in [0.4, 0.5) is 0 Å². The Morgan fingerprint density at radius 1 is 0.857 bits per heavy atom. The van der Waals surface area contributed by atoms with Gasteiger partial charge in [-0.3, -0.25) is 0 Å². The van der Waals surface area contributed by atoms with E-state index in [0.717, 1.165) is 3.67 Å². The average Bonchev–Trinajstić information content (AvgIpc) is 2.02.